The summed E-state index contributed by atoms with van der Waals surface area (Å²) in [7, 11) is -3.23. The molecule has 0 aliphatic rings. The van der Waals surface area contributed by atoms with Gasteiger partial charge in [0.05, 0.1) is 12.4 Å². The number of nitrogens with one attached hydrogen (secondary N) is 1. The number of sulfonamides is 1. The standard InChI is InChI=1S/C16H35NO3S/c1-3-5-7-8-9-10-11-12-14-21(19,20)17-16(15-18)13-6-4-2/h16-18H,3-15H2,1-2H3/t16-/m1/s1. The van der Waals surface area contributed by atoms with E-state index < -0.39 is 10.0 Å². The van der Waals surface area contributed by atoms with Gasteiger partial charge in [-0.25, -0.2) is 13.1 Å². The molecule has 0 heterocycles. The second kappa shape index (κ2) is 13.5. The number of aliphatic hydroxyl groups excluding tert-OH is 1. The van der Waals surface area contributed by atoms with Crippen LogP contribution >= 0.6 is 0 Å². The SMILES string of the molecule is CCCCCCCCCCS(=O)(=O)N[C@@H](CO)CCCC. The maximum absolute atomic E-state index is 11.9. The predicted octanol–water partition coefficient (Wildman–Crippen LogP) is 3.60. The lowest BCUT2D eigenvalue weighted by atomic mass is 10.1. The largest absolute Gasteiger partial charge is 0.395 e. The van der Waals surface area contributed by atoms with Crippen molar-refractivity contribution in [2.45, 2.75) is 90.5 Å². The Morgan fingerprint density at radius 3 is 1.90 bits per heavy atom. The summed E-state index contributed by atoms with van der Waals surface area (Å²) in [5.74, 6) is 0.185. The van der Waals surface area contributed by atoms with Gasteiger partial charge in [-0.3, -0.25) is 0 Å². The molecule has 0 aromatic rings. The molecule has 5 heteroatoms. The molecule has 4 nitrogen and oxygen atoms in total. The van der Waals surface area contributed by atoms with Gasteiger partial charge in [-0.2, -0.15) is 0 Å². The van der Waals surface area contributed by atoms with Crippen molar-refractivity contribution in [1.29, 1.82) is 0 Å². The van der Waals surface area contributed by atoms with Gasteiger partial charge >= 0.3 is 0 Å². The summed E-state index contributed by atoms with van der Waals surface area (Å²) in [4.78, 5) is 0. The van der Waals surface area contributed by atoms with E-state index >= 15 is 0 Å². The summed E-state index contributed by atoms with van der Waals surface area (Å²) in [6.45, 7) is 4.15. The van der Waals surface area contributed by atoms with Crippen LogP contribution in [-0.2, 0) is 10.0 Å². The zero-order chi connectivity index (χ0) is 16.0. The summed E-state index contributed by atoms with van der Waals surface area (Å²) in [5.41, 5.74) is 0. The van der Waals surface area contributed by atoms with Crippen LogP contribution in [0, 0.1) is 0 Å². The van der Waals surface area contributed by atoms with Gasteiger partial charge in [0.25, 0.3) is 0 Å². The molecule has 0 aromatic carbocycles. The van der Waals surface area contributed by atoms with Crippen molar-refractivity contribution in [2.75, 3.05) is 12.4 Å². The first kappa shape index (κ1) is 20.9. The highest BCUT2D eigenvalue weighted by Gasteiger charge is 2.16. The smallest absolute Gasteiger partial charge is 0.211 e. The van der Waals surface area contributed by atoms with Gasteiger partial charge in [0.1, 0.15) is 0 Å². The van der Waals surface area contributed by atoms with E-state index in [1.165, 1.54) is 32.1 Å². The van der Waals surface area contributed by atoms with E-state index in [9.17, 15) is 13.5 Å². The van der Waals surface area contributed by atoms with E-state index in [1.807, 2.05) is 0 Å². The van der Waals surface area contributed by atoms with Crippen LogP contribution < -0.4 is 4.72 Å². The maximum Gasteiger partial charge on any atom is 0.211 e. The second-order valence-electron chi connectivity index (χ2n) is 5.93. The fourth-order valence-electron chi connectivity index (χ4n) is 2.38. The molecule has 21 heavy (non-hydrogen) atoms. The summed E-state index contributed by atoms with van der Waals surface area (Å²) < 4.78 is 26.4. The fourth-order valence-corrected chi connectivity index (χ4v) is 3.78. The average Bonchev–Trinajstić information content (AvgIpc) is 2.46. The summed E-state index contributed by atoms with van der Waals surface area (Å²) in [6, 6.07) is -0.316. The molecule has 0 unspecified atom stereocenters. The molecule has 0 fully saturated rings. The van der Waals surface area contributed by atoms with E-state index in [2.05, 4.69) is 18.6 Å². The Morgan fingerprint density at radius 1 is 0.857 bits per heavy atom. The Bertz CT molecular complexity index is 317. The first-order valence-electron chi connectivity index (χ1n) is 8.66. The molecule has 0 spiro atoms. The molecule has 0 saturated carbocycles. The predicted molar refractivity (Wildman–Crippen MR) is 89.9 cm³/mol. The Morgan fingerprint density at radius 2 is 1.38 bits per heavy atom. The van der Waals surface area contributed by atoms with Crippen LogP contribution in [0.5, 0.6) is 0 Å². The van der Waals surface area contributed by atoms with Crippen LogP contribution in [0.25, 0.3) is 0 Å². The minimum Gasteiger partial charge on any atom is -0.395 e. The van der Waals surface area contributed by atoms with Crippen LogP contribution in [0.1, 0.15) is 84.5 Å². The van der Waals surface area contributed by atoms with Crippen molar-refractivity contribution < 1.29 is 13.5 Å². The third-order valence-corrected chi connectivity index (χ3v) is 5.26. The summed E-state index contributed by atoms with van der Waals surface area (Å²) in [5, 5.41) is 9.20. The molecule has 0 aliphatic carbocycles. The minimum atomic E-state index is -3.23. The van der Waals surface area contributed by atoms with Crippen molar-refractivity contribution >= 4 is 10.0 Å². The van der Waals surface area contributed by atoms with Crippen LogP contribution in [-0.4, -0.2) is 31.9 Å². The lowest BCUT2D eigenvalue weighted by molar-refractivity contribution is 0.248. The molecule has 2 N–H and O–H groups in total. The van der Waals surface area contributed by atoms with Crippen LogP contribution in [0.2, 0.25) is 0 Å². The maximum atomic E-state index is 11.9. The average molecular weight is 322 g/mol. The molecule has 0 aliphatic heterocycles. The third kappa shape index (κ3) is 13.3. The normalized spacial score (nSPS) is 13.5. The van der Waals surface area contributed by atoms with Gasteiger partial charge in [-0.1, -0.05) is 71.6 Å². The summed E-state index contributed by atoms with van der Waals surface area (Å²) >= 11 is 0. The molecule has 1 atom stereocenters. The first-order chi connectivity index (χ1) is 10.1. The lowest BCUT2D eigenvalue weighted by Crippen LogP contribution is -2.38. The highest BCUT2D eigenvalue weighted by molar-refractivity contribution is 7.89. The molecule has 0 radical (unpaired) electrons. The molecular formula is C16H35NO3S. The van der Waals surface area contributed by atoms with Gasteiger partial charge < -0.3 is 5.11 Å². The van der Waals surface area contributed by atoms with Gasteiger partial charge in [0.15, 0.2) is 0 Å². The molecule has 128 valence electrons. The van der Waals surface area contributed by atoms with Crippen molar-refractivity contribution in [3.05, 3.63) is 0 Å². The zero-order valence-corrected chi connectivity index (χ0v) is 14.8. The van der Waals surface area contributed by atoms with E-state index in [0.29, 0.717) is 6.42 Å². The van der Waals surface area contributed by atoms with Crippen LogP contribution in [0.4, 0.5) is 0 Å². The van der Waals surface area contributed by atoms with Crippen molar-refractivity contribution in [3.63, 3.8) is 0 Å². The molecule has 0 aromatic heterocycles. The Labute approximate surface area is 131 Å². The van der Waals surface area contributed by atoms with Gasteiger partial charge in [0.2, 0.25) is 10.0 Å². The highest BCUT2D eigenvalue weighted by atomic mass is 32.2. The van der Waals surface area contributed by atoms with Crippen molar-refractivity contribution in [2.24, 2.45) is 0 Å². The third-order valence-electron chi connectivity index (χ3n) is 3.74. The van der Waals surface area contributed by atoms with Gasteiger partial charge in [-0.05, 0) is 12.8 Å². The quantitative estimate of drug-likeness (QED) is 0.453. The van der Waals surface area contributed by atoms with Gasteiger partial charge in [0, 0.05) is 6.04 Å². The van der Waals surface area contributed by atoms with Crippen molar-refractivity contribution in [3.8, 4) is 0 Å². The Hall–Kier alpha value is -0.130. The van der Waals surface area contributed by atoms with Crippen LogP contribution in [0.3, 0.4) is 0 Å². The lowest BCUT2D eigenvalue weighted by Gasteiger charge is -2.16. The number of aliphatic hydroxyl groups is 1. The first-order valence-corrected chi connectivity index (χ1v) is 10.3. The van der Waals surface area contributed by atoms with E-state index in [0.717, 1.165) is 32.1 Å². The van der Waals surface area contributed by atoms with Crippen LogP contribution in [0.15, 0.2) is 0 Å². The zero-order valence-electron chi connectivity index (χ0n) is 13.9. The van der Waals surface area contributed by atoms with E-state index in [1.54, 1.807) is 0 Å². The Kier molecular flexibility index (Phi) is 13.4. The molecule has 0 saturated heterocycles. The van der Waals surface area contributed by atoms with Crippen molar-refractivity contribution in [1.82, 2.24) is 4.72 Å². The number of hydrogen-bond acceptors (Lipinski definition) is 3. The minimum absolute atomic E-state index is 0.114. The second-order valence-corrected chi connectivity index (χ2v) is 7.81. The Balaban J connectivity index is 3.71. The molecular weight excluding hydrogens is 286 g/mol. The monoisotopic (exact) mass is 321 g/mol. The number of rotatable bonds is 15. The summed E-state index contributed by atoms with van der Waals surface area (Å²) in [6.07, 6.45) is 11.8. The van der Waals surface area contributed by atoms with Gasteiger partial charge in [-0.15, -0.1) is 0 Å². The molecule has 0 rings (SSSR count). The molecule has 0 bridgehead atoms. The van der Waals surface area contributed by atoms with E-state index in [4.69, 9.17) is 0 Å². The number of unbranched alkanes of at least 4 members (excludes halogenated alkanes) is 8. The topological polar surface area (TPSA) is 66.4 Å². The molecule has 0 amide bonds. The van der Waals surface area contributed by atoms with E-state index in [-0.39, 0.29) is 18.4 Å². The highest BCUT2D eigenvalue weighted by Crippen LogP contribution is 2.09. The fraction of sp³-hybridized carbons (Fsp3) is 1.00. The number of hydrogen-bond donors (Lipinski definition) is 2.